The second-order valence-electron chi connectivity index (χ2n) is 9.12. The van der Waals surface area contributed by atoms with Crippen molar-refractivity contribution in [3.63, 3.8) is 0 Å². The first-order chi connectivity index (χ1) is 17.8. The Morgan fingerprint density at radius 2 is 1.84 bits per heavy atom. The molecule has 2 aliphatic heterocycles. The van der Waals surface area contributed by atoms with Crippen molar-refractivity contribution in [2.45, 2.75) is 30.8 Å². The predicted molar refractivity (Wildman–Crippen MR) is 132 cm³/mol. The van der Waals surface area contributed by atoms with Crippen LogP contribution in [0.5, 0.6) is 11.5 Å². The summed E-state index contributed by atoms with van der Waals surface area (Å²) in [5, 5.41) is 5.92. The van der Waals surface area contributed by atoms with Gasteiger partial charge in [0.15, 0.2) is 17.3 Å². The molecule has 8 nitrogen and oxygen atoms in total. The first-order valence-corrected chi connectivity index (χ1v) is 12.4. The van der Waals surface area contributed by atoms with E-state index in [0.717, 1.165) is 32.0 Å². The number of hydrogen-bond acceptors (Lipinski definition) is 6. The number of nitrogens with one attached hydrogen (secondary N) is 2. The first-order valence-electron chi connectivity index (χ1n) is 12.0. The van der Waals surface area contributed by atoms with Crippen molar-refractivity contribution in [2.75, 3.05) is 32.8 Å². The van der Waals surface area contributed by atoms with Crippen LogP contribution in [0.2, 0.25) is 5.02 Å². The van der Waals surface area contributed by atoms with Crippen LogP contribution in [0.25, 0.3) is 11.0 Å². The highest BCUT2D eigenvalue weighted by Crippen LogP contribution is 2.36. The van der Waals surface area contributed by atoms with Gasteiger partial charge in [0.25, 0.3) is 5.91 Å². The number of benzene rings is 2. The van der Waals surface area contributed by atoms with Gasteiger partial charge in [-0.15, -0.1) is 0 Å². The molecule has 2 aromatic carbocycles. The number of likely N-dealkylation sites (tertiary alicyclic amines) is 1. The topological polar surface area (TPSA) is 93.0 Å². The van der Waals surface area contributed by atoms with Crippen molar-refractivity contribution in [3.05, 3.63) is 58.8 Å². The normalized spacial score (nSPS) is 17.4. The highest BCUT2D eigenvalue weighted by Gasteiger charge is 2.46. The highest BCUT2D eigenvalue weighted by atomic mass is 35.5. The number of furan rings is 1. The Balaban J connectivity index is 1.44. The smallest absolute Gasteiger partial charge is 0.380 e. The van der Waals surface area contributed by atoms with E-state index in [-0.39, 0.29) is 12.1 Å². The number of halogens is 3. The number of nitrogens with zero attached hydrogens (tertiary/aromatic N) is 1. The fraction of sp³-hybridized carbons (Fsp3) is 0.385. The molecule has 11 heteroatoms. The van der Waals surface area contributed by atoms with E-state index in [9.17, 15) is 9.59 Å². The van der Waals surface area contributed by atoms with Crippen LogP contribution in [0.3, 0.4) is 0 Å². The number of carbonyl (C=O) groups is 2. The van der Waals surface area contributed by atoms with Crippen LogP contribution < -0.4 is 20.1 Å². The van der Waals surface area contributed by atoms with Crippen LogP contribution in [-0.4, -0.2) is 56.1 Å². The molecular weight excluding hydrogens is 508 g/mol. The van der Waals surface area contributed by atoms with Gasteiger partial charge < -0.3 is 29.4 Å². The van der Waals surface area contributed by atoms with E-state index in [2.05, 4.69) is 15.5 Å². The molecule has 1 saturated heterocycles. The molecule has 1 fully saturated rings. The van der Waals surface area contributed by atoms with Crippen molar-refractivity contribution < 1.29 is 32.3 Å². The summed E-state index contributed by atoms with van der Waals surface area (Å²) in [6, 6.07) is 9.02. The van der Waals surface area contributed by atoms with Crippen LogP contribution in [0.4, 0.5) is 8.78 Å². The Kier molecular flexibility index (Phi) is 7.21. The summed E-state index contributed by atoms with van der Waals surface area (Å²) in [4.78, 5) is 26.7. The van der Waals surface area contributed by atoms with Gasteiger partial charge in [0.2, 0.25) is 6.41 Å². The van der Waals surface area contributed by atoms with Gasteiger partial charge >= 0.3 is 5.92 Å². The number of carbonyl (C=O) groups excluding carboxylic acids is 2. The molecule has 2 atom stereocenters. The average Bonchev–Trinajstić information content (AvgIpc) is 3.56. The van der Waals surface area contributed by atoms with Gasteiger partial charge in [-0.1, -0.05) is 17.7 Å². The van der Waals surface area contributed by atoms with E-state index in [1.54, 1.807) is 18.2 Å². The largest absolute Gasteiger partial charge is 0.486 e. The fourth-order valence-corrected chi connectivity index (χ4v) is 4.97. The zero-order valence-corrected chi connectivity index (χ0v) is 20.6. The Morgan fingerprint density at radius 1 is 1.08 bits per heavy atom. The van der Waals surface area contributed by atoms with E-state index in [0.29, 0.717) is 47.1 Å². The van der Waals surface area contributed by atoms with Crippen molar-refractivity contribution >= 4 is 34.9 Å². The molecule has 5 rings (SSSR count). The SMILES string of the molecule is O=CN[C@H](c1ccc2c(c1)OCCO2)[C@@H](CN1CCCC1)NC(=O)C(F)(F)c1cc2cc(Cl)ccc2o1. The lowest BCUT2D eigenvalue weighted by Gasteiger charge is -2.32. The highest BCUT2D eigenvalue weighted by molar-refractivity contribution is 6.31. The van der Waals surface area contributed by atoms with Crippen LogP contribution >= 0.6 is 11.6 Å². The molecule has 0 aliphatic carbocycles. The molecule has 1 aromatic heterocycles. The summed E-state index contributed by atoms with van der Waals surface area (Å²) in [6.45, 7) is 2.58. The Labute approximate surface area is 216 Å². The Bertz CT molecular complexity index is 1290. The number of fused-ring (bicyclic) bond motifs is 2. The second-order valence-corrected chi connectivity index (χ2v) is 9.56. The fourth-order valence-electron chi connectivity index (χ4n) is 4.79. The van der Waals surface area contributed by atoms with Crippen LogP contribution in [0.1, 0.15) is 30.2 Å². The molecule has 3 aromatic rings. The van der Waals surface area contributed by atoms with Gasteiger partial charge in [0.1, 0.15) is 18.8 Å². The van der Waals surface area contributed by atoms with E-state index in [1.165, 1.54) is 18.2 Å². The van der Waals surface area contributed by atoms with Gasteiger partial charge in [0.05, 0.1) is 12.1 Å². The molecule has 0 saturated carbocycles. The molecule has 3 heterocycles. The van der Waals surface area contributed by atoms with Gasteiger partial charge in [-0.3, -0.25) is 9.59 Å². The third kappa shape index (κ3) is 5.35. The van der Waals surface area contributed by atoms with Gasteiger partial charge in [-0.25, -0.2) is 0 Å². The zero-order chi connectivity index (χ0) is 26.0. The maximum Gasteiger partial charge on any atom is 0.380 e. The second kappa shape index (κ2) is 10.5. The van der Waals surface area contributed by atoms with Crippen molar-refractivity contribution in [1.82, 2.24) is 15.5 Å². The van der Waals surface area contributed by atoms with Crippen LogP contribution in [-0.2, 0) is 15.5 Å². The summed E-state index contributed by atoms with van der Waals surface area (Å²) < 4.78 is 47.2. The van der Waals surface area contributed by atoms with Crippen molar-refractivity contribution in [3.8, 4) is 11.5 Å². The minimum Gasteiger partial charge on any atom is -0.486 e. The van der Waals surface area contributed by atoms with E-state index < -0.39 is 29.7 Å². The molecule has 0 bridgehead atoms. The van der Waals surface area contributed by atoms with Gasteiger partial charge in [0, 0.05) is 17.0 Å². The molecule has 0 unspecified atom stereocenters. The first kappa shape index (κ1) is 25.3. The quantitative estimate of drug-likeness (QED) is 0.404. The number of rotatable bonds is 9. The molecule has 0 spiro atoms. The lowest BCUT2D eigenvalue weighted by Crippen LogP contribution is -2.53. The van der Waals surface area contributed by atoms with E-state index in [4.69, 9.17) is 25.5 Å². The molecule has 37 heavy (non-hydrogen) atoms. The van der Waals surface area contributed by atoms with Gasteiger partial charge in [-0.2, -0.15) is 8.78 Å². The average molecular weight is 534 g/mol. The maximum atomic E-state index is 15.4. The van der Waals surface area contributed by atoms with Crippen molar-refractivity contribution in [1.29, 1.82) is 0 Å². The summed E-state index contributed by atoms with van der Waals surface area (Å²) >= 11 is 5.96. The standard InChI is InChI=1S/C26H26ClF2N3O5/c27-18-4-6-20-17(11-18)13-23(37-20)26(28,29)25(34)31-19(14-32-7-1-2-8-32)24(30-15-33)16-3-5-21-22(12-16)36-10-9-35-21/h3-6,11-13,15,19,24H,1-2,7-10,14H2,(H,30,33)(H,31,34)/t19-,24-/m1/s1. The summed E-state index contributed by atoms with van der Waals surface area (Å²) in [5.74, 6) is -5.25. The van der Waals surface area contributed by atoms with Crippen LogP contribution in [0, 0.1) is 0 Å². The maximum absolute atomic E-state index is 15.4. The number of amides is 2. The molecule has 2 N–H and O–H groups in total. The molecular formula is C26H26ClF2N3O5. The minimum atomic E-state index is -3.96. The predicted octanol–water partition coefficient (Wildman–Crippen LogP) is 4.02. The Morgan fingerprint density at radius 3 is 2.59 bits per heavy atom. The lowest BCUT2D eigenvalue weighted by atomic mass is 9.97. The van der Waals surface area contributed by atoms with E-state index in [1.807, 2.05) is 0 Å². The molecule has 196 valence electrons. The minimum absolute atomic E-state index is 0.192. The lowest BCUT2D eigenvalue weighted by molar-refractivity contribution is -0.150. The van der Waals surface area contributed by atoms with Gasteiger partial charge in [-0.05, 0) is 67.9 Å². The summed E-state index contributed by atoms with van der Waals surface area (Å²) in [5.41, 5.74) is 0.778. The molecule has 2 aliphatic rings. The third-order valence-corrected chi connectivity index (χ3v) is 6.85. The van der Waals surface area contributed by atoms with Crippen LogP contribution in [0.15, 0.2) is 46.9 Å². The summed E-state index contributed by atoms with van der Waals surface area (Å²) in [7, 11) is 0. The summed E-state index contributed by atoms with van der Waals surface area (Å²) in [6.07, 6.45) is 2.42. The number of alkyl halides is 2. The third-order valence-electron chi connectivity index (χ3n) is 6.62. The molecule has 2 amide bonds. The van der Waals surface area contributed by atoms with Crippen molar-refractivity contribution in [2.24, 2.45) is 0 Å². The van der Waals surface area contributed by atoms with E-state index >= 15 is 8.78 Å². The number of hydrogen-bond donors (Lipinski definition) is 2. The number of ether oxygens (including phenoxy) is 2. The monoisotopic (exact) mass is 533 g/mol. The Hall–Kier alpha value is -3.37. The molecule has 0 radical (unpaired) electrons. The zero-order valence-electron chi connectivity index (χ0n) is 19.8.